The average molecular weight is 480 g/mol. The van der Waals surface area contributed by atoms with Gasteiger partial charge in [0.05, 0.1) is 18.1 Å². The van der Waals surface area contributed by atoms with Gasteiger partial charge in [-0.3, -0.25) is 4.79 Å². The smallest absolute Gasteiger partial charge is 0.310 e. The topological polar surface area (TPSA) is 71.5 Å². The molecule has 0 radical (unpaired) electrons. The van der Waals surface area contributed by atoms with E-state index < -0.39 is 6.10 Å². The second kappa shape index (κ2) is 8.75. The lowest BCUT2D eigenvalue weighted by molar-refractivity contribution is -0.147. The molecule has 2 heterocycles. The molecule has 4 fully saturated rings. The van der Waals surface area contributed by atoms with E-state index in [1.165, 1.54) is 12.8 Å². The first kappa shape index (κ1) is 23.3. The van der Waals surface area contributed by atoms with Gasteiger partial charge >= 0.3 is 5.97 Å². The van der Waals surface area contributed by atoms with Crippen molar-refractivity contribution in [2.24, 2.45) is 23.2 Å². The van der Waals surface area contributed by atoms with E-state index in [9.17, 15) is 9.90 Å². The van der Waals surface area contributed by atoms with Gasteiger partial charge in [-0.05, 0) is 61.9 Å². The van der Waals surface area contributed by atoms with Crippen molar-refractivity contribution in [1.29, 1.82) is 0 Å². The zero-order valence-corrected chi connectivity index (χ0v) is 20.8. The van der Waals surface area contributed by atoms with Gasteiger partial charge < -0.3 is 24.2 Å². The number of fused-ring (bicyclic) bond motifs is 4. The number of carbonyl (C=O) groups is 1. The molecule has 6 nitrogen and oxygen atoms in total. The Bertz CT molecular complexity index is 1090. The third kappa shape index (κ3) is 4.24. The maximum absolute atomic E-state index is 12.9. The van der Waals surface area contributed by atoms with E-state index in [2.05, 4.69) is 24.0 Å². The number of rotatable bonds is 7. The standard InChI is InChI=1S/C29H37NO5/c1-28-11-6-12-29(18-34-29)26(28)13-22-23(27(32)35-25(22)14-28)16-30(2)15-20(31)17-33-24-10-5-8-19-7-3-4-9-21(19)24/h3-5,7-10,20,22-23,25-26,31H,6,11-18H2,1-2H3/t20-,22+,23-,25+,26+,28+,29-/m0/s1. The van der Waals surface area contributed by atoms with E-state index in [1.807, 2.05) is 37.4 Å². The second-order valence-corrected chi connectivity index (χ2v) is 11.8. The number of epoxide rings is 1. The Balaban J connectivity index is 1.06. The van der Waals surface area contributed by atoms with Crippen LogP contribution < -0.4 is 4.74 Å². The molecule has 0 aromatic heterocycles. The first-order valence-corrected chi connectivity index (χ1v) is 13.2. The van der Waals surface area contributed by atoms with E-state index in [-0.39, 0.29) is 41.5 Å². The summed E-state index contributed by atoms with van der Waals surface area (Å²) in [5, 5.41) is 12.8. The summed E-state index contributed by atoms with van der Waals surface area (Å²) in [5.74, 6) is 1.33. The van der Waals surface area contributed by atoms with E-state index in [0.717, 1.165) is 42.4 Å². The Hall–Kier alpha value is -2.15. The van der Waals surface area contributed by atoms with Crippen LogP contribution in [0.15, 0.2) is 42.5 Å². The van der Waals surface area contributed by atoms with Gasteiger partial charge in [0.2, 0.25) is 0 Å². The Labute approximate surface area is 207 Å². The molecule has 2 aliphatic carbocycles. The molecule has 35 heavy (non-hydrogen) atoms. The summed E-state index contributed by atoms with van der Waals surface area (Å²) in [5.41, 5.74) is 0.279. The van der Waals surface area contributed by atoms with Crippen LogP contribution in [0.2, 0.25) is 0 Å². The van der Waals surface area contributed by atoms with E-state index in [0.29, 0.717) is 19.0 Å². The van der Waals surface area contributed by atoms with Gasteiger partial charge in [-0.1, -0.05) is 43.3 Å². The minimum Gasteiger partial charge on any atom is -0.490 e. The predicted octanol–water partition coefficient (Wildman–Crippen LogP) is 4.04. The summed E-state index contributed by atoms with van der Waals surface area (Å²) in [6, 6.07) is 14.0. The Morgan fingerprint density at radius 1 is 1.20 bits per heavy atom. The minimum absolute atomic E-state index is 0.0238. The Morgan fingerprint density at radius 3 is 2.83 bits per heavy atom. The van der Waals surface area contributed by atoms with Gasteiger partial charge in [0.15, 0.2) is 0 Å². The summed E-state index contributed by atoms with van der Waals surface area (Å²) < 4.78 is 17.9. The van der Waals surface area contributed by atoms with Crippen molar-refractivity contribution in [1.82, 2.24) is 4.90 Å². The number of hydrogen-bond acceptors (Lipinski definition) is 6. The molecule has 2 aromatic carbocycles. The van der Waals surface area contributed by atoms with Gasteiger partial charge in [0.1, 0.15) is 24.6 Å². The number of likely N-dealkylation sites (N-methyl/N-ethyl adjacent to an activating group) is 1. The van der Waals surface area contributed by atoms with Crippen LogP contribution in [0.1, 0.15) is 39.0 Å². The van der Waals surface area contributed by atoms with Crippen molar-refractivity contribution in [3.05, 3.63) is 42.5 Å². The highest BCUT2D eigenvalue weighted by Gasteiger charge is 2.65. The van der Waals surface area contributed by atoms with Crippen LogP contribution in [0, 0.1) is 23.2 Å². The van der Waals surface area contributed by atoms with Crippen molar-refractivity contribution in [2.75, 3.05) is 33.4 Å². The molecule has 0 bridgehead atoms. The summed E-state index contributed by atoms with van der Waals surface area (Å²) in [4.78, 5) is 15.0. The number of esters is 1. The number of nitrogens with zero attached hydrogens (tertiary/aromatic N) is 1. The van der Waals surface area contributed by atoms with Crippen LogP contribution in [0.5, 0.6) is 5.75 Å². The number of hydrogen-bond donors (Lipinski definition) is 1. The molecule has 0 amide bonds. The van der Waals surface area contributed by atoms with E-state index >= 15 is 0 Å². The van der Waals surface area contributed by atoms with Crippen LogP contribution in [-0.4, -0.2) is 67.1 Å². The van der Waals surface area contributed by atoms with Crippen molar-refractivity contribution in [3.8, 4) is 5.75 Å². The lowest BCUT2D eigenvalue weighted by Crippen LogP contribution is -2.51. The minimum atomic E-state index is -0.650. The zero-order chi connectivity index (χ0) is 24.2. The lowest BCUT2D eigenvalue weighted by Gasteiger charge is -2.51. The first-order chi connectivity index (χ1) is 16.9. The molecule has 6 rings (SSSR count). The maximum Gasteiger partial charge on any atom is 0.310 e. The van der Waals surface area contributed by atoms with Gasteiger partial charge in [0.25, 0.3) is 0 Å². The summed E-state index contributed by atoms with van der Waals surface area (Å²) in [6.07, 6.45) is 4.92. The highest BCUT2D eigenvalue weighted by molar-refractivity contribution is 5.88. The van der Waals surface area contributed by atoms with Crippen molar-refractivity contribution in [3.63, 3.8) is 0 Å². The number of benzene rings is 2. The van der Waals surface area contributed by atoms with E-state index in [1.54, 1.807) is 0 Å². The largest absolute Gasteiger partial charge is 0.490 e. The molecule has 0 unspecified atom stereocenters. The normalized spacial score (nSPS) is 36.6. The fourth-order valence-electron chi connectivity index (χ4n) is 7.50. The molecule has 2 aliphatic heterocycles. The highest BCUT2D eigenvalue weighted by Crippen LogP contribution is 2.62. The molecule has 2 saturated carbocycles. The van der Waals surface area contributed by atoms with Crippen molar-refractivity contribution >= 4 is 16.7 Å². The third-order valence-corrected chi connectivity index (χ3v) is 9.29. The molecule has 6 heteroatoms. The van der Waals surface area contributed by atoms with Gasteiger partial charge in [-0.15, -0.1) is 0 Å². The number of aliphatic hydroxyl groups is 1. The maximum atomic E-state index is 12.9. The Kier molecular flexibility index (Phi) is 5.82. The lowest BCUT2D eigenvalue weighted by atomic mass is 9.53. The molecule has 188 valence electrons. The summed E-state index contributed by atoms with van der Waals surface area (Å²) in [6.45, 7) is 4.52. The van der Waals surface area contributed by atoms with Crippen LogP contribution in [0.4, 0.5) is 0 Å². The van der Waals surface area contributed by atoms with Crippen LogP contribution in [-0.2, 0) is 14.3 Å². The molecular weight excluding hydrogens is 442 g/mol. The number of aliphatic hydroxyl groups excluding tert-OH is 1. The Morgan fingerprint density at radius 2 is 2.00 bits per heavy atom. The third-order valence-electron chi connectivity index (χ3n) is 9.29. The van der Waals surface area contributed by atoms with Gasteiger partial charge in [-0.25, -0.2) is 0 Å². The highest BCUT2D eigenvalue weighted by atomic mass is 16.6. The molecule has 1 N–H and O–H groups in total. The van der Waals surface area contributed by atoms with Crippen molar-refractivity contribution in [2.45, 2.75) is 56.8 Å². The fraction of sp³-hybridized carbons (Fsp3) is 0.621. The monoisotopic (exact) mass is 479 g/mol. The average Bonchev–Trinajstić information content (AvgIpc) is 3.54. The van der Waals surface area contributed by atoms with Crippen molar-refractivity contribution < 1.29 is 24.1 Å². The van der Waals surface area contributed by atoms with E-state index in [4.69, 9.17) is 14.2 Å². The molecule has 4 aliphatic rings. The number of carbonyl (C=O) groups excluding carboxylic acids is 1. The SMILES string of the molecule is CN(C[C@H](O)COc1cccc2ccccc12)C[C@@H]1C(=O)O[C@@H]2C[C@@]3(C)CCC[C@]4(CO4)[C@@H]3C[C@H]12. The van der Waals surface area contributed by atoms with Crippen LogP contribution in [0.25, 0.3) is 10.8 Å². The molecule has 2 aromatic rings. The molecule has 1 spiro atoms. The summed E-state index contributed by atoms with van der Waals surface area (Å²) in [7, 11) is 1.97. The van der Waals surface area contributed by atoms with Crippen LogP contribution >= 0.6 is 0 Å². The summed E-state index contributed by atoms with van der Waals surface area (Å²) >= 11 is 0. The predicted molar refractivity (Wildman–Crippen MR) is 133 cm³/mol. The quantitative estimate of drug-likeness (QED) is 0.477. The second-order valence-electron chi connectivity index (χ2n) is 11.8. The molecule has 7 atom stereocenters. The molecule has 2 saturated heterocycles. The van der Waals surface area contributed by atoms with Crippen LogP contribution in [0.3, 0.4) is 0 Å². The first-order valence-electron chi connectivity index (χ1n) is 13.2. The van der Waals surface area contributed by atoms with Gasteiger partial charge in [-0.2, -0.15) is 0 Å². The fourth-order valence-corrected chi connectivity index (χ4v) is 7.50. The molecular formula is C29H37NO5. The number of ether oxygens (including phenoxy) is 3. The zero-order valence-electron chi connectivity index (χ0n) is 20.8. The van der Waals surface area contributed by atoms with Gasteiger partial charge in [0, 0.05) is 24.4 Å².